The number of nitrogens with zero attached hydrogens (tertiary/aromatic N) is 2. The monoisotopic (exact) mass is 524 g/mol. The molecule has 10 heteroatoms. The average Bonchev–Trinajstić information content (AvgIpc) is 2.62. The van der Waals surface area contributed by atoms with E-state index in [0.717, 1.165) is 11.3 Å². The first-order chi connectivity index (χ1) is 13.2. The lowest BCUT2D eigenvalue weighted by Gasteiger charge is -2.23. The second-order valence-electron chi connectivity index (χ2n) is 6.15. The minimum absolute atomic E-state index is 0. The van der Waals surface area contributed by atoms with Gasteiger partial charge in [0.25, 0.3) is 0 Å². The number of hydrogen-bond donors (Lipinski definition) is 2. The van der Waals surface area contributed by atoms with E-state index >= 15 is 0 Å². The molecule has 0 bridgehead atoms. The Hall–Kier alpha value is -2.21. The van der Waals surface area contributed by atoms with Crippen molar-refractivity contribution in [2.24, 2.45) is 10.7 Å². The zero-order valence-electron chi connectivity index (χ0n) is 16.2. The number of para-hydroxylation sites is 2. The lowest BCUT2D eigenvalue weighted by molar-refractivity contribution is -0.274. The molecule has 0 aliphatic rings. The third kappa shape index (κ3) is 7.97. The van der Waals surface area contributed by atoms with Gasteiger partial charge in [0.2, 0.25) is 0 Å². The van der Waals surface area contributed by atoms with Crippen molar-refractivity contribution in [2.75, 3.05) is 33.1 Å². The summed E-state index contributed by atoms with van der Waals surface area (Å²) in [5.74, 6) is 0.346. The smallest absolute Gasteiger partial charge is 0.497 e. The summed E-state index contributed by atoms with van der Waals surface area (Å²) in [6, 6.07) is 13.1. The van der Waals surface area contributed by atoms with E-state index in [-0.39, 0.29) is 47.4 Å². The van der Waals surface area contributed by atoms with Crippen molar-refractivity contribution in [3.8, 4) is 11.5 Å². The molecule has 1 atom stereocenters. The number of methoxy groups -OCH3 is 1. The van der Waals surface area contributed by atoms with Crippen LogP contribution in [-0.2, 0) is 0 Å². The molecule has 1 unspecified atom stereocenters. The van der Waals surface area contributed by atoms with Gasteiger partial charge in [-0.1, -0.05) is 24.3 Å². The van der Waals surface area contributed by atoms with Gasteiger partial charge in [-0.2, -0.15) is 0 Å². The molecule has 0 radical (unpaired) electrons. The maximum atomic E-state index is 12.5. The molecule has 160 valence electrons. The minimum Gasteiger partial charge on any atom is -0.497 e. The fourth-order valence-corrected chi connectivity index (χ4v) is 2.54. The molecule has 0 saturated heterocycles. The number of benzene rings is 2. The quantitative estimate of drug-likeness (QED) is 0.322. The Balaban J connectivity index is 0.00000420. The van der Waals surface area contributed by atoms with Crippen LogP contribution in [0.15, 0.2) is 53.5 Å². The Morgan fingerprint density at radius 1 is 1.14 bits per heavy atom. The fraction of sp³-hybridized carbons (Fsp3) is 0.316. The third-order valence-corrected chi connectivity index (χ3v) is 3.93. The minimum atomic E-state index is -4.80. The molecule has 2 rings (SSSR count). The zero-order valence-corrected chi connectivity index (χ0v) is 18.6. The lowest BCUT2D eigenvalue weighted by atomic mass is 10.1. The third-order valence-electron chi connectivity index (χ3n) is 3.93. The molecule has 2 aromatic rings. The summed E-state index contributed by atoms with van der Waals surface area (Å²) >= 11 is 0. The predicted octanol–water partition coefficient (Wildman–Crippen LogP) is 4.24. The van der Waals surface area contributed by atoms with Crippen molar-refractivity contribution in [3.05, 3.63) is 54.1 Å². The zero-order chi connectivity index (χ0) is 20.7. The van der Waals surface area contributed by atoms with Gasteiger partial charge in [0.05, 0.1) is 25.4 Å². The largest absolute Gasteiger partial charge is 0.573 e. The van der Waals surface area contributed by atoms with Gasteiger partial charge < -0.3 is 25.4 Å². The molecule has 0 amide bonds. The van der Waals surface area contributed by atoms with Crippen LogP contribution in [-0.4, -0.2) is 45.0 Å². The Morgan fingerprint density at radius 3 is 2.31 bits per heavy atom. The van der Waals surface area contributed by atoms with Gasteiger partial charge in [-0.15, -0.1) is 37.1 Å². The highest BCUT2D eigenvalue weighted by Crippen LogP contribution is 2.29. The predicted molar refractivity (Wildman–Crippen MR) is 118 cm³/mol. The first-order valence-corrected chi connectivity index (χ1v) is 8.41. The number of anilines is 1. The molecular formula is C19H24F3IN4O2. The number of alkyl halides is 3. The van der Waals surface area contributed by atoms with Crippen molar-refractivity contribution < 1.29 is 22.6 Å². The molecule has 0 aromatic heterocycles. The molecule has 29 heavy (non-hydrogen) atoms. The Kier molecular flexibility index (Phi) is 9.50. The molecule has 0 fully saturated rings. The second-order valence-corrected chi connectivity index (χ2v) is 6.15. The summed E-state index contributed by atoms with van der Waals surface area (Å²) < 4.78 is 46.7. The van der Waals surface area contributed by atoms with Crippen LogP contribution in [0.4, 0.5) is 18.9 Å². The number of nitrogens with two attached hydrogens (primary N) is 1. The van der Waals surface area contributed by atoms with E-state index < -0.39 is 6.36 Å². The lowest BCUT2D eigenvalue weighted by Crippen LogP contribution is -2.28. The van der Waals surface area contributed by atoms with Gasteiger partial charge in [-0.05, 0) is 43.9 Å². The SMILES string of the molecule is COc1ccc(C(CN=C(N)Nc2ccccc2OC(F)(F)F)N(C)C)cc1.I. The van der Waals surface area contributed by atoms with Gasteiger partial charge in [0, 0.05) is 0 Å². The number of halogens is 4. The van der Waals surface area contributed by atoms with Crippen molar-refractivity contribution in [2.45, 2.75) is 12.4 Å². The highest BCUT2D eigenvalue weighted by molar-refractivity contribution is 14.0. The highest BCUT2D eigenvalue weighted by Gasteiger charge is 2.32. The molecule has 3 N–H and O–H groups in total. The van der Waals surface area contributed by atoms with Crippen LogP contribution >= 0.6 is 24.0 Å². The average molecular weight is 524 g/mol. The van der Waals surface area contributed by atoms with E-state index in [0.29, 0.717) is 6.54 Å². The molecule has 2 aromatic carbocycles. The molecular weight excluding hydrogens is 500 g/mol. The van der Waals surface area contributed by atoms with Crippen molar-refractivity contribution in [3.63, 3.8) is 0 Å². The maximum Gasteiger partial charge on any atom is 0.573 e. The first-order valence-electron chi connectivity index (χ1n) is 8.41. The van der Waals surface area contributed by atoms with Gasteiger partial charge in [-0.25, -0.2) is 0 Å². The van der Waals surface area contributed by atoms with Crippen molar-refractivity contribution in [1.29, 1.82) is 0 Å². The molecule has 0 aliphatic heterocycles. The van der Waals surface area contributed by atoms with E-state index in [9.17, 15) is 13.2 Å². The van der Waals surface area contributed by atoms with Crippen LogP contribution in [0.2, 0.25) is 0 Å². The topological polar surface area (TPSA) is 72.1 Å². The molecule has 0 aliphatic carbocycles. The van der Waals surface area contributed by atoms with E-state index in [2.05, 4.69) is 15.0 Å². The molecule has 0 saturated carbocycles. The number of likely N-dealkylation sites (N-methyl/N-ethyl adjacent to an activating group) is 1. The molecule has 6 nitrogen and oxygen atoms in total. The van der Waals surface area contributed by atoms with Crippen LogP contribution in [0.25, 0.3) is 0 Å². The second kappa shape index (κ2) is 11.1. The Morgan fingerprint density at radius 2 is 1.76 bits per heavy atom. The fourth-order valence-electron chi connectivity index (χ4n) is 2.54. The van der Waals surface area contributed by atoms with E-state index in [4.69, 9.17) is 10.5 Å². The number of nitrogens with one attached hydrogen (secondary N) is 1. The van der Waals surface area contributed by atoms with E-state index in [1.165, 1.54) is 18.2 Å². The Bertz CT molecular complexity index is 799. The first kappa shape index (κ1) is 24.8. The van der Waals surface area contributed by atoms with E-state index in [1.807, 2.05) is 43.3 Å². The van der Waals surface area contributed by atoms with E-state index in [1.54, 1.807) is 13.2 Å². The summed E-state index contributed by atoms with van der Waals surface area (Å²) in [7, 11) is 5.40. The summed E-state index contributed by atoms with van der Waals surface area (Å²) in [5.41, 5.74) is 6.95. The van der Waals surface area contributed by atoms with Gasteiger partial charge in [0.15, 0.2) is 11.7 Å². The number of hydrogen-bond acceptors (Lipinski definition) is 4. The van der Waals surface area contributed by atoms with Gasteiger partial charge in [0.1, 0.15) is 5.75 Å². The Labute approximate surface area is 184 Å². The van der Waals surface area contributed by atoms with Crippen LogP contribution in [0.5, 0.6) is 11.5 Å². The van der Waals surface area contributed by atoms with Crippen LogP contribution in [0, 0.1) is 0 Å². The van der Waals surface area contributed by atoms with Crippen molar-refractivity contribution >= 4 is 35.6 Å². The molecule has 0 heterocycles. The summed E-state index contributed by atoms with van der Waals surface area (Å²) in [6.45, 7) is 0.306. The number of rotatable bonds is 7. The highest BCUT2D eigenvalue weighted by atomic mass is 127. The van der Waals surface area contributed by atoms with Crippen molar-refractivity contribution in [1.82, 2.24) is 4.90 Å². The summed E-state index contributed by atoms with van der Waals surface area (Å²) in [6.07, 6.45) is -4.80. The maximum absolute atomic E-state index is 12.5. The number of aliphatic imine (C=N–C) groups is 1. The summed E-state index contributed by atoms with van der Waals surface area (Å²) in [5, 5.41) is 2.66. The van der Waals surface area contributed by atoms with Crippen LogP contribution < -0.4 is 20.5 Å². The normalized spacial score (nSPS) is 12.9. The van der Waals surface area contributed by atoms with Crippen LogP contribution in [0.3, 0.4) is 0 Å². The van der Waals surface area contributed by atoms with Crippen LogP contribution in [0.1, 0.15) is 11.6 Å². The van der Waals surface area contributed by atoms with Gasteiger partial charge >= 0.3 is 6.36 Å². The summed E-state index contributed by atoms with van der Waals surface area (Å²) in [4.78, 5) is 6.24. The number of ether oxygens (including phenoxy) is 2. The number of guanidine groups is 1. The standard InChI is InChI=1S/C19H23F3N4O2.HI/c1-26(2)16(13-8-10-14(27-3)11-9-13)12-24-18(23)25-15-6-4-5-7-17(15)28-19(20,21)22;/h4-11,16H,12H2,1-3H3,(H3,23,24,25);1H. The van der Waals surface area contributed by atoms with Gasteiger partial charge in [-0.3, -0.25) is 4.99 Å². The molecule has 0 spiro atoms.